The second-order valence-corrected chi connectivity index (χ2v) is 38.6. The lowest BCUT2D eigenvalue weighted by Crippen LogP contribution is -2.78. The average molecular weight is 1460 g/mol. The van der Waals surface area contributed by atoms with Crippen LogP contribution in [0.4, 0.5) is 17.1 Å². The summed E-state index contributed by atoms with van der Waals surface area (Å²) in [7, 11) is -7.02. The quantitative estimate of drug-likeness (QED) is 0.0752. The average Bonchev–Trinajstić information content (AvgIpc) is 0.860. The lowest BCUT2D eigenvalue weighted by Gasteiger charge is -2.41. The van der Waals surface area contributed by atoms with Gasteiger partial charge in [0.05, 0.1) is 16.7 Å². The van der Waals surface area contributed by atoms with Gasteiger partial charge in [-0.1, -0.05) is 391 Å². The minimum absolute atomic E-state index is 0.142. The smallest absolute Gasteiger partial charge is 0.256 e. The van der Waals surface area contributed by atoms with Crippen LogP contribution >= 0.6 is 0 Å². The fourth-order valence-corrected chi connectivity index (χ4v) is 28.3. The summed E-state index contributed by atoms with van der Waals surface area (Å²) in [6.45, 7) is 6.73. The molecule has 0 bridgehead atoms. The second kappa shape index (κ2) is 27.9. The Morgan fingerprint density at radius 1 is 0.259 bits per heavy atom. The van der Waals surface area contributed by atoms with Crippen molar-refractivity contribution < 1.29 is 4.74 Å². The highest BCUT2D eigenvalue weighted by atomic mass is 28.3. The third kappa shape index (κ3) is 11.5. The van der Waals surface area contributed by atoms with Crippen molar-refractivity contribution in [1.29, 1.82) is 0 Å². The van der Waals surface area contributed by atoms with Crippen LogP contribution in [0, 0.1) is 0 Å². The van der Waals surface area contributed by atoms with Crippen LogP contribution in [-0.4, -0.2) is 27.4 Å². The van der Waals surface area contributed by atoms with Gasteiger partial charge in [-0.05, 0) is 167 Å². The standard InChI is InChI=1S/C106H79BN2OSi2/c1-106(2,3)83-59-63-100(95(71-83)77-40-18-7-19-41-77)109-101-62-58-80(76-38-16-6-17-39-76)68-97(101)107-96-61-60-84(108-98-56-30-28-54-93(98)94-55-29-31-57-99(94)108)72-103(96)110-104-70-82(69-102(109)105(104)107)81-66-91(111(85-44-20-8-21-45-85,86-46-22-9-23-47-86)89-52-32-42-78(64-89)74-34-12-4-13-35-74)73-92(67-81)112(87-48-24-10-25-49-87,88-50-26-11-27-51-88)90-53-33-43-79(65-90)75-36-14-5-15-37-75/h4-73H,1-3H3. The molecular weight excluding hydrogens is 1380 g/mol. The lowest BCUT2D eigenvalue weighted by atomic mass is 9.34. The Morgan fingerprint density at radius 2 is 0.661 bits per heavy atom. The number of para-hydroxylation sites is 2. The van der Waals surface area contributed by atoms with Crippen molar-refractivity contribution in [3.63, 3.8) is 0 Å². The first-order chi connectivity index (χ1) is 55.2. The lowest BCUT2D eigenvalue weighted by molar-refractivity contribution is 0.487. The number of benzene rings is 17. The molecule has 0 atom stereocenters. The van der Waals surface area contributed by atoms with Crippen LogP contribution < -0.4 is 67.5 Å². The number of fused-ring (bicyclic) bond motifs is 7. The van der Waals surface area contributed by atoms with E-state index in [1.165, 1.54) is 85.5 Å². The van der Waals surface area contributed by atoms with Crippen molar-refractivity contribution in [2.24, 2.45) is 0 Å². The Balaban J connectivity index is 0.938. The van der Waals surface area contributed by atoms with E-state index < -0.39 is 16.1 Å². The molecule has 112 heavy (non-hydrogen) atoms. The zero-order chi connectivity index (χ0) is 74.9. The molecule has 18 aromatic rings. The van der Waals surface area contributed by atoms with Crippen molar-refractivity contribution in [1.82, 2.24) is 4.57 Å². The molecule has 0 radical (unpaired) electrons. The van der Waals surface area contributed by atoms with E-state index in [1.54, 1.807) is 0 Å². The molecule has 0 unspecified atom stereocenters. The van der Waals surface area contributed by atoms with Crippen molar-refractivity contribution >= 4 is 120 Å². The molecule has 0 saturated heterocycles. The molecule has 2 aliphatic heterocycles. The van der Waals surface area contributed by atoms with Crippen LogP contribution in [0.25, 0.3) is 83.1 Å². The van der Waals surface area contributed by atoms with Gasteiger partial charge in [0.1, 0.15) is 11.5 Å². The minimum Gasteiger partial charge on any atom is -0.458 e. The van der Waals surface area contributed by atoms with Gasteiger partial charge in [-0.25, -0.2) is 0 Å². The molecule has 3 nitrogen and oxygen atoms in total. The second-order valence-electron chi connectivity index (χ2n) is 31.0. The molecule has 1 aromatic heterocycles. The van der Waals surface area contributed by atoms with Crippen LogP contribution in [-0.2, 0) is 5.41 Å². The Bertz CT molecular complexity index is 6250. The summed E-state index contributed by atoms with van der Waals surface area (Å²) >= 11 is 0. The van der Waals surface area contributed by atoms with Crippen LogP contribution in [0.5, 0.6) is 11.5 Å². The fourth-order valence-electron chi connectivity index (χ4n) is 18.5. The number of nitrogens with zero attached hydrogens (tertiary/aromatic N) is 2. The monoisotopic (exact) mass is 1460 g/mol. The number of hydrogen-bond acceptors (Lipinski definition) is 2. The van der Waals surface area contributed by atoms with Gasteiger partial charge >= 0.3 is 0 Å². The largest absolute Gasteiger partial charge is 0.458 e. The first-order valence-corrected chi connectivity index (χ1v) is 43.0. The zero-order valence-corrected chi connectivity index (χ0v) is 64.8. The predicted octanol–water partition coefficient (Wildman–Crippen LogP) is 19.6. The molecule has 0 fully saturated rings. The summed E-state index contributed by atoms with van der Waals surface area (Å²) in [5.74, 6) is 1.65. The molecule has 0 amide bonds. The summed E-state index contributed by atoms with van der Waals surface area (Å²) in [5.41, 5.74) is 22.6. The van der Waals surface area contributed by atoms with Crippen molar-refractivity contribution in [2.75, 3.05) is 4.90 Å². The third-order valence-electron chi connectivity index (χ3n) is 23.7. The van der Waals surface area contributed by atoms with Gasteiger partial charge in [-0.2, -0.15) is 0 Å². The van der Waals surface area contributed by atoms with Crippen molar-refractivity contribution in [3.8, 4) is 72.8 Å². The molecule has 3 heterocycles. The number of hydrogen-bond donors (Lipinski definition) is 0. The van der Waals surface area contributed by atoms with E-state index in [0.717, 1.165) is 89.6 Å². The van der Waals surface area contributed by atoms with Gasteiger partial charge in [0.15, 0.2) is 16.1 Å². The summed E-state index contributed by atoms with van der Waals surface area (Å²) in [6, 6.07) is 161. The molecule has 17 aromatic carbocycles. The highest BCUT2D eigenvalue weighted by molar-refractivity contribution is 7.22. The Morgan fingerprint density at radius 3 is 1.14 bits per heavy atom. The van der Waals surface area contributed by atoms with Crippen molar-refractivity contribution in [2.45, 2.75) is 26.2 Å². The van der Waals surface area contributed by atoms with Crippen LogP contribution in [0.1, 0.15) is 26.3 Å². The van der Waals surface area contributed by atoms with Gasteiger partial charge < -0.3 is 14.2 Å². The first-order valence-electron chi connectivity index (χ1n) is 39.0. The molecular formula is C106H79BN2OSi2. The van der Waals surface area contributed by atoms with E-state index in [2.05, 4.69) is 455 Å². The van der Waals surface area contributed by atoms with E-state index in [4.69, 9.17) is 4.74 Å². The molecule has 0 spiro atoms. The molecule has 6 heteroatoms. The normalized spacial score (nSPS) is 12.5. The summed E-state index contributed by atoms with van der Waals surface area (Å²) in [4.78, 5) is 2.60. The molecule has 530 valence electrons. The SMILES string of the molecule is CC(C)(C)c1ccc(N2c3ccc(-c4ccccc4)cc3B3c4ccc(-n5c6ccccc6c6ccccc65)cc4Oc4cc(-c5cc([Si](c6ccccc6)(c6ccccc6)c6cccc(-c7ccccc7)c6)cc([Si](c6ccccc6)(c6ccccc6)c6cccc(-c7ccccc7)c6)c5)cc2c43)c(-c2ccccc2)c1. The molecule has 2 aliphatic rings. The summed E-state index contributed by atoms with van der Waals surface area (Å²) in [6.07, 6.45) is 0. The molecule has 20 rings (SSSR count). The van der Waals surface area contributed by atoms with Gasteiger partial charge in [-0.3, -0.25) is 0 Å². The number of rotatable bonds is 15. The predicted molar refractivity (Wildman–Crippen MR) is 480 cm³/mol. The summed E-state index contributed by atoms with van der Waals surface area (Å²) in [5, 5.41) is 12.7. The van der Waals surface area contributed by atoms with Crippen LogP contribution in [0.15, 0.2) is 425 Å². The molecule has 0 saturated carbocycles. The highest BCUT2D eigenvalue weighted by Gasteiger charge is 2.48. The first kappa shape index (κ1) is 68.0. The van der Waals surface area contributed by atoms with Gasteiger partial charge in [-0.15, -0.1) is 0 Å². The Labute approximate surface area is 658 Å². The van der Waals surface area contributed by atoms with E-state index in [1.807, 2.05) is 0 Å². The van der Waals surface area contributed by atoms with Crippen LogP contribution in [0.3, 0.4) is 0 Å². The van der Waals surface area contributed by atoms with Gasteiger partial charge in [0.2, 0.25) is 0 Å². The number of aromatic nitrogens is 1. The maximum absolute atomic E-state index is 8.04. The highest BCUT2D eigenvalue weighted by Crippen LogP contribution is 2.48. The minimum atomic E-state index is -3.51. The number of anilines is 3. The summed E-state index contributed by atoms with van der Waals surface area (Å²) < 4.78 is 10.5. The zero-order valence-electron chi connectivity index (χ0n) is 62.8. The van der Waals surface area contributed by atoms with Crippen molar-refractivity contribution in [3.05, 3.63) is 430 Å². The Kier molecular flexibility index (Phi) is 17.0. The van der Waals surface area contributed by atoms with Gasteiger partial charge in [0, 0.05) is 39.5 Å². The third-order valence-corrected chi connectivity index (χ3v) is 33.1. The van der Waals surface area contributed by atoms with Crippen LogP contribution in [0.2, 0.25) is 0 Å². The van der Waals surface area contributed by atoms with Gasteiger partial charge in [0.25, 0.3) is 6.71 Å². The molecule has 0 N–H and O–H groups in total. The maximum atomic E-state index is 8.04. The number of ether oxygens (including phenoxy) is 1. The van der Waals surface area contributed by atoms with E-state index in [-0.39, 0.29) is 12.1 Å². The maximum Gasteiger partial charge on any atom is 0.256 e. The Hall–Kier alpha value is -13.4. The van der Waals surface area contributed by atoms with E-state index >= 15 is 0 Å². The topological polar surface area (TPSA) is 17.4 Å². The van der Waals surface area contributed by atoms with E-state index in [9.17, 15) is 0 Å². The van der Waals surface area contributed by atoms with E-state index in [0.29, 0.717) is 0 Å². The fraction of sp³-hybridized carbons (Fsp3) is 0.0377. The molecule has 0 aliphatic carbocycles.